The highest BCUT2D eigenvalue weighted by molar-refractivity contribution is 7.09. The lowest BCUT2D eigenvalue weighted by atomic mass is 10.3. The summed E-state index contributed by atoms with van der Waals surface area (Å²) in [5, 5.41) is 7.87. The van der Waals surface area contributed by atoms with E-state index in [1.54, 1.807) is 0 Å². The van der Waals surface area contributed by atoms with Crippen LogP contribution in [0.5, 0.6) is 0 Å². The summed E-state index contributed by atoms with van der Waals surface area (Å²) in [5.41, 5.74) is 0.904. The van der Waals surface area contributed by atoms with E-state index >= 15 is 0 Å². The lowest BCUT2D eigenvalue weighted by Crippen LogP contribution is -2.38. The van der Waals surface area contributed by atoms with Gasteiger partial charge in [0.1, 0.15) is 6.61 Å². The van der Waals surface area contributed by atoms with Crippen molar-refractivity contribution in [1.82, 2.24) is 15.6 Å². The zero-order chi connectivity index (χ0) is 15.0. The average Bonchev–Trinajstić information content (AvgIpc) is 2.73. The predicted octanol–water partition coefficient (Wildman–Crippen LogP) is 1.87. The maximum absolute atomic E-state index is 11.7. The van der Waals surface area contributed by atoms with Crippen LogP contribution in [0, 0.1) is 6.92 Å². The first-order valence-corrected chi connectivity index (χ1v) is 6.82. The molecule has 1 rings (SSSR count). The minimum atomic E-state index is -4.34. The maximum atomic E-state index is 11.7. The highest BCUT2D eigenvalue weighted by atomic mass is 32.1. The monoisotopic (exact) mass is 311 g/mol. The normalized spacial score (nSPS) is 11.4. The molecule has 114 valence electrons. The molecule has 2 N–H and O–H groups in total. The van der Waals surface area contributed by atoms with Crippen molar-refractivity contribution in [3.05, 3.63) is 16.1 Å². The third-order valence-electron chi connectivity index (χ3n) is 2.13. The van der Waals surface area contributed by atoms with E-state index in [1.807, 2.05) is 12.3 Å². The van der Waals surface area contributed by atoms with E-state index in [2.05, 4.69) is 20.4 Å². The molecule has 0 atom stereocenters. The molecule has 0 saturated carbocycles. The van der Waals surface area contributed by atoms with Crippen LogP contribution in [-0.4, -0.2) is 43.5 Å². The number of rotatable bonds is 7. The highest BCUT2D eigenvalue weighted by Crippen LogP contribution is 2.13. The number of thiazole rings is 1. The van der Waals surface area contributed by atoms with Crippen LogP contribution in [0.3, 0.4) is 0 Å². The van der Waals surface area contributed by atoms with Crippen LogP contribution in [-0.2, 0) is 11.2 Å². The summed E-state index contributed by atoms with van der Waals surface area (Å²) >= 11 is 1.54. The Bertz CT molecular complexity index is 423. The van der Waals surface area contributed by atoms with Gasteiger partial charge in [0.2, 0.25) is 0 Å². The summed E-state index contributed by atoms with van der Waals surface area (Å²) in [6.07, 6.45) is -3.73. The molecule has 1 heterocycles. The summed E-state index contributed by atoms with van der Waals surface area (Å²) in [5.74, 6) is 0. The number of aryl methyl sites for hydroxylation is 1. The second-order valence-corrected chi connectivity index (χ2v) is 5.02. The van der Waals surface area contributed by atoms with Crippen molar-refractivity contribution in [1.29, 1.82) is 0 Å². The smallest absolute Gasteiger partial charge is 0.370 e. The SMILES string of the molecule is Cc1nc(CCNC(=O)NCCOCC(F)(F)F)cs1. The molecule has 0 aromatic carbocycles. The van der Waals surface area contributed by atoms with E-state index in [0.29, 0.717) is 13.0 Å². The van der Waals surface area contributed by atoms with Crippen molar-refractivity contribution in [3.63, 3.8) is 0 Å². The number of halogens is 3. The van der Waals surface area contributed by atoms with E-state index in [0.717, 1.165) is 10.7 Å². The number of nitrogens with one attached hydrogen (secondary N) is 2. The number of carbonyl (C=O) groups excluding carboxylic acids is 1. The number of alkyl halides is 3. The Kier molecular flexibility index (Phi) is 6.73. The molecular weight excluding hydrogens is 295 g/mol. The van der Waals surface area contributed by atoms with Crippen LogP contribution in [0.1, 0.15) is 10.7 Å². The molecule has 0 fully saturated rings. The number of nitrogens with zero attached hydrogens (tertiary/aromatic N) is 1. The van der Waals surface area contributed by atoms with Gasteiger partial charge in [0.15, 0.2) is 0 Å². The molecule has 0 aliphatic rings. The zero-order valence-corrected chi connectivity index (χ0v) is 11.7. The van der Waals surface area contributed by atoms with Gasteiger partial charge in [0.25, 0.3) is 0 Å². The molecule has 5 nitrogen and oxygen atoms in total. The van der Waals surface area contributed by atoms with Gasteiger partial charge in [0, 0.05) is 24.9 Å². The Morgan fingerprint density at radius 2 is 2.10 bits per heavy atom. The van der Waals surface area contributed by atoms with E-state index < -0.39 is 18.8 Å². The number of amides is 2. The minimum Gasteiger partial charge on any atom is -0.370 e. The first kappa shape index (κ1) is 16.7. The number of aromatic nitrogens is 1. The van der Waals surface area contributed by atoms with Crippen LogP contribution in [0.4, 0.5) is 18.0 Å². The van der Waals surface area contributed by atoms with Crippen LogP contribution in [0.25, 0.3) is 0 Å². The van der Waals surface area contributed by atoms with Crippen molar-refractivity contribution in [2.45, 2.75) is 19.5 Å². The molecule has 0 unspecified atom stereocenters. The third kappa shape index (κ3) is 7.95. The topological polar surface area (TPSA) is 63.2 Å². The third-order valence-corrected chi connectivity index (χ3v) is 2.95. The molecule has 2 amide bonds. The van der Waals surface area contributed by atoms with Gasteiger partial charge in [-0.15, -0.1) is 11.3 Å². The molecule has 0 aliphatic carbocycles. The summed E-state index contributed by atoms with van der Waals surface area (Å²) in [7, 11) is 0. The zero-order valence-electron chi connectivity index (χ0n) is 10.9. The van der Waals surface area contributed by atoms with Gasteiger partial charge in [-0.1, -0.05) is 0 Å². The predicted molar refractivity (Wildman–Crippen MR) is 68.8 cm³/mol. The van der Waals surface area contributed by atoms with Crippen LogP contribution < -0.4 is 10.6 Å². The van der Waals surface area contributed by atoms with Crippen molar-refractivity contribution < 1.29 is 22.7 Å². The standard InChI is InChI=1S/C11H16F3N3O2S/c1-8-17-9(6-20-8)2-3-15-10(18)16-4-5-19-7-11(12,13)14/h6H,2-5,7H2,1H3,(H2,15,16,18). The molecule has 1 aromatic heterocycles. The average molecular weight is 311 g/mol. The molecular formula is C11H16F3N3O2S. The number of urea groups is 1. The number of ether oxygens (including phenoxy) is 1. The molecule has 9 heteroatoms. The Morgan fingerprint density at radius 1 is 1.40 bits per heavy atom. The van der Waals surface area contributed by atoms with Crippen LogP contribution in [0.2, 0.25) is 0 Å². The van der Waals surface area contributed by atoms with Crippen LogP contribution >= 0.6 is 11.3 Å². The Hall–Kier alpha value is -1.35. The summed E-state index contributed by atoms with van der Waals surface area (Å²) < 4.78 is 39.6. The second-order valence-electron chi connectivity index (χ2n) is 3.96. The van der Waals surface area contributed by atoms with Gasteiger partial charge in [-0.3, -0.25) is 0 Å². The second kappa shape index (κ2) is 8.05. The highest BCUT2D eigenvalue weighted by Gasteiger charge is 2.27. The number of hydrogen-bond acceptors (Lipinski definition) is 4. The van der Waals surface area contributed by atoms with Gasteiger partial charge < -0.3 is 15.4 Å². The molecule has 0 saturated heterocycles. The largest absolute Gasteiger partial charge is 0.411 e. The number of hydrogen-bond donors (Lipinski definition) is 2. The quantitative estimate of drug-likeness (QED) is 0.756. The van der Waals surface area contributed by atoms with Gasteiger partial charge in [0.05, 0.1) is 17.3 Å². The molecule has 0 bridgehead atoms. The lowest BCUT2D eigenvalue weighted by molar-refractivity contribution is -0.173. The minimum absolute atomic E-state index is 0.0255. The Labute approximate surface area is 118 Å². The van der Waals surface area contributed by atoms with E-state index in [9.17, 15) is 18.0 Å². The molecule has 1 aromatic rings. The fourth-order valence-corrected chi connectivity index (χ4v) is 1.96. The molecule has 0 radical (unpaired) electrons. The Balaban J connectivity index is 2.00. The summed E-state index contributed by atoms with van der Waals surface area (Å²) in [6, 6.07) is -0.437. The first-order chi connectivity index (χ1) is 9.37. The molecule has 0 aliphatic heterocycles. The number of carbonyl (C=O) groups is 1. The maximum Gasteiger partial charge on any atom is 0.411 e. The van der Waals surface area contributed by atoms with E-state index in [4.69, 9.17) is 0 Å². The van der Waals surface area contributed by atoms with Crippen molar-refractivity contribution in [3.8, 4) is 0 Å². The molecule has 20 heavy (non-hydrogen) atoms. The Morgan fingerprint density at radius 3 is 2.70 bits per heavy atom. The first-order valence-electron chi connectivity index (χ1n) is 5.94. The van der Waals surface area contributed by atoms with Crippen LogP contribution in [0.15, 0.2) is 5.38 Å². The summed E-state index contributed by atoms with van der Waals surface area (Å²) in [4.78, 5) is 15.5. The van der Waals surface area contributed by atoms with E-state index in [1.165, 1.54) is 11.3 Å². The van der Waals surface area contributed by atoms with Crippen molar-refractivity contribution >= 4 is 17.4 Å². The molecule has 0 spiro atoms. The van der Waals surface area contributed by atoms with Gasteiger partial charge in [-0.25, -0.2) is 9.78 Å². The van der Waals surface area contributed by atoms with Gasteiger partial charge in [-0.05, 0) is 6.92 Å². The van der Waals surface area contributed by atoms with Gasteiger partial charge in [-0.2, -0.15) is 13.2 Å². The fraction of sp³-hybridized carbons (Fsp3) is 0.636. The fourth-order valence-electron chi connectivity index (χ4n) is 1.31. The summed E-state index contributed by atoms with van der Waals surface area (Å²) in [6.45, 7) is 0.850. The van der Waals surface area contributed by atoms with Gasteiger partial charge >= 0.3 is 12.2 Å². The lowest BCUT2D eigenvalue weighted by Gasteiger charge is -2.09. The van der Waals surface area contributed by atoms with Crippen molar-refractivity contribution in [2.75, 3.05) is 26.3 Å². The van der Waals surface area contributed by atoms with E-state index in [-0.39, 0.29) is 13.2 Å². The van der Waals surface area contributed by atoms with Crippen molar-refractivity contribution in [2.24, 2.45) is 0 Å².